The van der Waals surface area contributed by atoms with Crippen molar-refractivity contribution in [2.24, 2.45) is 0 Å². The molecule has 31 heavy (non-hydrogen) atoms. The first-order valence-electron chi connectivity index (χ1n) is 11.2. The SMILES string of the molecule is Cc1cccc(-c2ccn(-c3cc(N4CCOCC4)nc(CCC4CCCO4)n3)n2)c1. The van der Waals surface area contributed by atoms with Gasteiger partial charge in [0.2, 0.25) is 0 Å². The Labute approximate surface area is 183 Å². The molecule has 0 amide bonds. The number of anilines is 1. The molecular formula is C24H29N5O2. The summed E-state index contributed by atoms with van der Waals surface area (Å²) in [6.45, 7) is 6.11. The van der Waals surface area contributed by atoms with Gasteiger partial charge in [-0.25, -0.2) is 14.6 Å². The Kier molecular flexibility index (Phi) is 5.95. The third-order valence-electron chi connectivity index (χ3n) is 5.93. The van der Waals surface area contributed by atoms with E-state index in [1.165, 1.54) is 5.56 Å². The quantitative estimate of drug-likeness (QED) is 0.608. The minimum atomic E-state index is 0.330. The largest absolute Gasteiger partial charge is 0.378 e. The van der Waals surface area contributed by atoms with Crippen LogP contribution in [0.1, 0.15) is 30.7 Å². The third kappa shape index (κ3) is 4.78. The molecule has 3 aromatic rings. The molecule has 2 aliphatic heterocycles. The number of nitrogens with zero attached hydrogens (tertiary/aromatic N) is 5. The van der Waals surface area contributed by atoms with Gasteiger partial charge < -0.3 is 14.4 Å². The molecule has 0 spiro atoms. The van der Waals surface area contributed by atoms with Crippen LogP contribution in [-0.2, 0) is 15.9 Å². The molecule has 2 saturated heterocycles. The standard InChI is InChI=1S/C24H29N5O2/c1-18-4-2-5-19(16-18)21-9-10-29(27-21)24-17-23(28-11-14-30-15-12-28)25-22(26-24)8-7-20-6-3-13-31-20/h2,4-5,9-10,16-17,20H,3,6-8,11-15H2,1H3. The van der Waals surface area contributed by atoms with Crippen LogP contribution in [0.3, 0.4) is 0 Å². The van der Waals surface area contributed by atoms with Crippen LogP contribution in [0.15, 0.2) is 42.6 Å². The Balaban J connectivity index is 1.44. The lowest BCUT2D eigenvalue weighted by Crippen LogP contribution is -2.37. The smallest absolute Gasteiger partial charge is 0.159 e. The van der Waals surface area contributed by atoms with E-state index >= 15 is 0 Å². The van der Waals surface area contributed by atoms with Crippen LogP contribution in [-0.4, -0.2) is 58.8 Å². The summed E-state index contributed by atoms with van der Waals surface area (Å²) in [5.41, 5.74) is 3.27. The molecule has 4 heterocycles. The van der Waals surface area contributed by atoms with E-state index in [0.717, 1.165) is 87.3 Å². The minimum absolute atomic E-state index is 0.330. The summed E-state index contributed by atoms with van der Waals surface area (Å²) in [4.78, 5) is 12.0. The number of aromatic nitrogens is 4. The molecule has 1 aromatic carbocycles. The molecular weight excluding hydrogens is 390 g/mol. The van der Waals surface area contributed by atoms with Crippen LogP contribution in [0.2, 0.25) is 0 Å². The molecule has 5 rings (SSSR count). The highest BCUT2D eigenvalue weighted by molar-refractivity contribution is 5.60. The van der Waals surface area contributed by atoms with E-state index in [9.17, 15) is 0 Å². The molecule has 7 heteroatoms. The highest BCUT2D eigenvalue weighted by Gasteiger charge is 2.19. The molecule has 0 bridgehead atoms. The summed E-state index contributed by atoms with van der Waals surface area (Å²) < 4.78 is 13.2. The van der Waals surface area contributed by atoms with Crippen molar-refractivity contribution in [3.63, 3.8) is 0 Å². The Morgan fingerprint density at radius 3 is 2.71 bits per heavy atom. The van der Waals surface area contributed by atoms with E-state index in [4.69, 9.17) is 24.5 Å². The van der Waals surface area contributed by atoms with E-state index in [0.29, 0.717) is 6.10 Å². The van der Waals surface area contributed by atoms with Crippen LogP contribution in [0.5, 0.6) is 0 Å². The van der Waals surface area contributed by atoms with Crippen LogP contribution in [0, 0.1) is 6.92 Å². The molecule has 0 aliphatic carbocycles. The number of aryl methyl sites for hydroxylation is 2. The Bertz CT molecular complexity index is 1020. The fourth-order valence-corrected chi connectivity index (χ4v) is 4.23. The van der Waals surface area contributed by atoms with Gasteiger partial charge in [0, 0.05) is 43.9 Å². The highest BCUT2D eigenvalue weighted by Crippen LogP contribution is 2.23. The van der Waals surface area contributed by atoms with Gasteiger partial charge in [0.25, 0.3) is 0 Å². The second-order valence-electron chi connectivity index (χ2n) is 8.29. The summed E-state index contributed by atoms with van der Waals surface area (Å²) in [6.07, 6.45) is 6.36. The number of rotatable bonds is 6. The monoisotopic (exact) mass is 419 g/mol. The third-order valence-corrected chi connectivity index (χ3v) is 5.93. The van der Waals surface area contributed by atoms with Crippen LogP contribution in [0.4, 0.5) is 5.82 Å². The first-order chi connectivity index (χ1) is 15.2. The summed E-state index contributed by atoms with van der Waals surface area (Å²) in [5, 5.41) is 4.82. The van der Waals surface area contributed by atoms with E-state index in [-0.39, 0.29) is 0 Å². The maximum atomic E-state index is 5.80. The summed E-state index contributed by atoms with van der Waals surface area (Å²) >= 11 is 0. The Hall–Kier alpha value is -2.77. The lowest BCUT2D eigenvalue weighted by molar-refractivity contribution is 0.104. The molecule has 0 N–H and O–H groups in total. The number of benzene rings is 1. The molecule has 2 aromatic heterocycles. The van der Waals surface area contributed by atoms with Crippen molar-refractivity contribution in [1.82, 2.24) is 19.7 Å². The lowest BCUT2D eigenvalue weighted by Gasteiger charge is -2.28. The van der Waals surface area contributed by atoms with Crippen LogP contribution >= 0.6 is 0 Å². The van der Waals surface area contributed by atoms with Gasteiger partial charge in [-0.1, -0.05) is 23.8 Å². The molecule has 1 atom stereocenters. The van der Waals surface area contributed by atoms with E-state index in [2.05, 4.69) is 36.1 Å². The van der Waals surface area contributed by atoms with Crippen molar-refractivity contribution in [2.45, 2.75) is 38.7 Å². The second-order valence-corrected chi connectivity index (χ2v) is 8.29. The number of ether oxygens (including phenoxy) is 2. The normalized spacial score (nSPS) is 19.1. The van der Waals surface area contributed by atoms with Crippen molar-refractivity contribution < 1.29 is 9.47 Å². The first kappa shape index (κ1) is 20.2. The van der Waals surface area contributed by atoms with Gasteiger partial charge in [-0.15, -0.1) is 0 Å². The van der Waals surface area contributed by atoms with Crippen LogP contribution < -0.4 is 4.90 Å². The predicted octanol–water partition coefficient (Wildman–Crippen LogP) is 3.59. The molecule has 2 aliphatic rings. The van der Waals surface area contributed by atoms with E-state index < -0.39 is 0 Å². The molecule has 162 valence electrons. The maximum Gasteiger partial charge on any atom is 0.159 e. The Morgan fingerprint density at radius 1 is 1.03 bits per heavy atom. The van der Waals surface area contributed by atoms with Gasteiger partial charge in [0.1, 0.15) is 11.6 Å². The van der Waals surface area contributed by atoms with Crippen molar-refractivity contribution >= 4 is 5.82 Å². The second kappa shape index (κ2) is 9.16. The fourth-order valence-electron chi connectivity index (χ4n) is 4.23. The fraction of sp³-hybridized carbons (Fsp3) is 0.458. The lowest BCUT2D eigenvalue weighted by atomic mass is 10.1. The first-order valence-corrected chi connectivity index (χ1v) is 11.2. The summed E-state index contributed by atoms with van der Waals surface area (Å²) in [7, 11) is 0. The van der Waals surface area contributed by atoms with Crippen molar-refractivity contribution in [2.75, 3.05) is 37.8 Å². The summed E-state index contributed by atoms with van der Waals surface area (Å²) in [5.74, 6) is 2.60. The average molecular weight is 420 g/mol. The van der Waals surface area contributed by atoms with Crippen LogP contribution in [0.25, 0.3) is 17.1 Å². The van der Waals surface area contributed by atoms with Gasteiger partial charge in [0.05, 0.1) is 25.0 Å². The average Bonchev–Trinajstić information content (AvgIpc) is 3.51. The minimum Gasteiger partial charge on any atom is -0.378 e. The van der Waals surface area contributed by atoms with Gasteiger partial charge in [-0.3, -0.25) is 0 Å². The molecule has 0 radical (unpaired) electrons. The molecule has 0 saturated carbocycles. The Morgan fingerprint density at radius 2 is 1.90 bits per heavy atom. The zero-order valence-corrected chi connectivity index (χ0v) is 18.0. The van der Waals surface area contributed by atoms with Crippen molar-refractivity contribution in [3.8, 4) is 17.1 Å². The number of hydrogen-bond acceptors (Lipinski definition) is 6. The van der Waals surface area contributed by atoms with Gasteiger partial charge in [-0.2, -0.15) is 5.10 Å². The molecule has 7 nitrogen and oxygen atoms in total. The zero-order valence-electron chi connectivity index (χ0n) is 18.0. The maximum absolute atomic E-state index is 5.80. The predicted molar refractivity (Wildman–Crippen MR) is 120 cm³/mol. The van der Waals surface area contributed by atoms with E-state index in [1.807, 2.05) is 23.0 Å². The molecule has 1 unspecified atom stereocenters. The highest BCUT2D eigenvalue weighted by atomic mass is 16.5. The van der Waals surface area contributed by atoms with Gasteiger partial charge in [-0.05, 0) is 38.3 Å². The van der Waals surface area contributed by atoms with Crippen molar-refractivity contribution in [3.05, 3.63) is 54.0 Å². The topological polar surface area (TPSA) is 65.3 Å². The van der Waals surface area contributed by atoms with E-state index in [1.54, 1.807) is 0 Å². The number of hydrogen-bond donors (Lipinski definition) is 0. The number of morpholine rings is 1. The van der Waals surface area contributed by atoms with Crippen molar-refractivity contribution in [1.29, 1.82) is 0 Å². The van der Waals surface area contributed by atoms with Gasteiger partial charge >= 0.3 is 0 Å². The summed E-state index contributed by atoms with van der Waals surface area (Å²) in [6, 6.07) is 12.5. The van der Waals surface area contributed by atoms with Gasteiger partial charge in [0.15, 0.2) is 5.82 Å². The zero-order chi connectivity index (χ0) is 21.0. The molecule has 2 fully saturated rings.